The highest BCUT2D eigenvalue weighted by Crippen LogP contribution is 2.41. The van der Waals surface area contributed by atoms with Gasteiger partial charge in [0.05, 0.1) is 12.2 Å². The number of nitrogens with one attached hydrogen (secondary N) is 1. The van der Waals surface area contributed by atoms with Crippen LogP contribution < -0.4 is 0 Å². The highest BCUT2D eigenvalue weighted by molar-refractivity contribution is 6.37. The molecule has 5 nitrogen and oxygen atoms in total. The molecule has 0 amide bonds. The Hall–Kier alpha value is -1.39. The van der Waals surface area contributed by atoms with Gasteiger partial charge in [0.1, 0.15) is 5.71 Å². The van der Waals surface area contributed by atoms with Crippen molar-refractivity contribution in [1.82, 2.24) is 0 Å². The molecule has 0 bridgehead atoms. The highest BCUT2D eigenvalue weighted by Gasteiger charge is 2.43. The van der Waals surface area contributed by atoms with Crippen molar-refractivity contribution in [3.8, 4) is 0 Å². The molecule has 1 atom stereocenters. The molecule has 0 radical (unpaired) electrons. The summed E-state index contributed by atoms with van der Waals surface area (Å²) in [4.78, 5) is 24.3. The molecule has 134 valence electrons. The zero-order valence-electron chi connectivity index (χ0n) is 15.7. The molecule has 0 fully saturated rings. The molecule has 0 aromatic heterocycles. The maximum absolute atomic E-state index is 12.2. The minimum Gasteiger partial charge on any atom is -0.463 e. The SMILES string of the molecule is CCC(CC(=O)OC(C)C)C(CC)(CC)C(=N)C(=O)OC(C)C. The molecule has 0 heterocycles. The first-order valence-electron chi connectivity index (χ1n) is 8.63. The number of ether oxygens (including phenoxy) is 2. The first-order chi connectivity index (χ1) is 10.6. The van der Waals surface area contributed by atoms with Crippen LogP contribution in [0.2, 0.25) is 0 Å². The molecule has 23 heavy (non-hydrogen) atoms. The van der Waals surface area contributed by atoms with Gasteiger partial charge in [-0.2, -0.15) is 0 Å². The van der Waals surface area contributed by atoms with Crippen molar-refractivity contribution in [3.05, 3.63) is 0 Å². The summed E-state index contributed by atoms with van der Waals surface area (Å²) in [5.41, 5.74) is -0.683. The summed E-state index contributed by atoms with van der Waals surface area (Å²) >= 11 is 0. The van der Waals surface area contributed by atoms with E-state index in [1.807, 2.05) is 34.6 Å². The van der Waals surface area contributed by atoms with Crippen molar-refractivity contribution in [1.29, 1.82) is 5.41 Å². The van der Waals surface area contributed by atoms with E-state index in [1.54, 1.807) is 13.8 Å². The first kappa shape index (κ1) is 21.6. The van der Waals surface area contributed by atoms with Crippen molar-refractivity contribution in [3.63, 3.8) is 0 Å². The Labute approximate surface area is 140 Å². The summed E-state index contributed by atoms with van der Waals surface area (Å²) in [5.74, 6) is -0.974. The van der Waals surface area contributed by atoms with E-state index in [1.165, 1.54) is 0 Å². The molecule has 5 heteroatoms. The van der Waals surface area contributed by atoms with E-state index in [9.17, 15) is 9.59 Å². The Bertz CT molecular complexity index is 411. The molecule has 0 aliphatic rings. The average molecular weight is 327 g/mol. The van der Waals surface area contributed by atoms with Crippen LogP contribution in [0.15, 0.2) is 0 Å². The summed E-state index contributed by atoms with van der Waals surface area (Å²) in [6.45, 7) is 13.1. The van der Waals surface area contributed by atoms with E-state index in [2.05, 4.69) is 0 Å². The van der Waals surface area contributed by atoms with Crippen LogP contribution in [-0.4, -0.2) is 29.9 Å². The molecular formula is C18H33NO4. The van der Waals surface area contributed by atoms with Crippen molar-refractivity contribution in [2.45, 2.75) is 86.4 Å². The predicted molar refractivity (Wildman–Crippen MR) is 91.6 cm³/mol. The number of rotatable bonds is 10. The van der Waals surface area contributed by atoms with Crippen LogP contribution in [0, 0.1) is 16.7 Å². The zero-order chi connectivity index (χ0) is 18.2. The van der Waals surface area contributed by atoms with Crippen LogP contribution in [0.4, 0.5) is 0 Å². The molecular weight excluding hydrogens is 294 g/mol. The predicted octanol–water partition coefficient (Wildman–Crippen LogP) is 4.13. The van der Waals surface area contributed by atoms with E-state index in [0.717, 1.165) is 0 Å². The van der Waals surface area contributed by atoms with Gasteiger partial charge in [-0.05, 0) is 46.5 Å². The second kappa shape index (κ2) is 9.68. The number of carbonyl (C=O) groups excluding carboxylic acids is 2. The van der Waals surface area contributed by atoms with Gasteiger partial charge in [0.2, 0.25) is 0 Å². The van der Waals surface area contributed by atoms with Gasteiger partial charge >= 0.3 is 11.9 Å². The van der Waals surface area contributed by atoms with E-state index in [-0.39, 0.29) is 36.2 Å². The zero-order valence-corrected chi connectivity index (χ0v) is 15.7. The van der Waals surface area contributed by atoms with Crippen molar-refractivity contribution < 1.29 is 19.1 Å². The summed E-state index contributed by atoms with van der Waals surface area (Å²) in [5, 5.41) is 8.39. The Morgan fingerprint density at radius 1 is 0.957 bits per heavy atom. The summed E-state index contributed by atoms with van der Waals surface area (Å²) in [6, 6.07) is 0. The monoisotopic (exact) mass is 327 g/mol. The molecule has 0 spiro atoms. The number of esters is 2. The van der Waals surface area contributed by atoms with Crippen LogP contribution in [0.1, 0.15) is 74.1 Å². The fourth-order valence-corrected chi connectivity index (χ4v) is 3.10. The summed E-state index contributed by atoms with van der Waals surface area (Å²) < 4.78 is 10.5. The Morgan fingerprint density at radius 3 is 1.78 bits per heavy atom. The minimum atomic E-state index is -0.656. The van der Waals surface area contributed by atoms with E-state index >= 15 is 0 Å². The Morgan fingerprint density at radius 2 is 1.43 bits per heavy atom. The standard InChI is InChI=1S/C18H33NO4/c1-8-14(11-15(20)22-12(4)5)18(9-2,10-3)16(19)17(21)23-13(6)7/h12-14,19H,8-11H2,1-7H3. The van der Waals surface area contributed by atoms with Gasteiger partial charge in [0.15, 0.2) is 0 Å². The van der Waals surface area contributed by atoms with Gasteiger partial charge in [-0.25, -0.2) is 4.79 Å². The van der Waals surface area contributed by atoms with Gasteiger partial charge in [0.25, 0.3) is 0 Å². The van der Waals surface area contributed by atoms with E-state index in [0.29, 0.717) is 19.3 Å². The largest absolute Gasteiger partial charge is 0.463 e. The lowest BCUT2D eigenvalue weighted by molar-refractivity contribution is -0.150. The lowest BCUT2D eigenvalue weighted by atomic mass is 9.65. The lowest BCUT2D eigenvalue weighted by Gasteiger charge is -2.38. The Balaban J connectivity index is 5.40. The average Bonchev–Trinajstić information content (AvgIpc) is 2.45. The summed E-state index contributed by atoms with van der Waals surface area (Å²) in [6.07, 6.45) is 1.72. The fraction of sp³-hybridized carbons (Fsp3) is 0.833. The topological polar surface area (TPSA) is 76.5 Å². The quantitative estimate of drug-likeness (QED) is 0.483. The van der Waals surface area contributed by atoms with Gasteiger partial charge < -0.3 is 9.47 Å². The van der Waals surface area contributed by atoms with E-state index in [4.69, 9.17) is 14.9 Å². The van der Waals surface area contributed by atoms with E-state index < -0.39 is 11.4 Å². The first-order valence-corrected chi connectivity index (χ1v) is 8.63. The number of carbonyl (C=O) groups is 2. The third kappa shape index (κ3) is 5.96. The third-order valence-electron chi connectivity index (χ3n) is 4.36. The van der Waals surface area contributed by atoms with Crippen LogP contribution in [-0.2, 0) is 19.1 Å². The fourth-order valence-electron chi connectivity index (χ4n) is 3.10. The molecule has 1 N–H and O–H groups in total. The van der Waals surface area contributed by atoms with Gasteiger partial charge in [-0.3, -0.25) is 10.2 Å². The van der Waals surface area contributed by atoms with Gasteiger partial charge in [0, 0.05) is 11.8 Å². The summed E-state index contributed by atoms with van der Waals surface area (Å²) in [7, 11) is 0. The molecule has 0 aliphatic carbocycles. The molecule has 0 saturated carbocycles. The molecule has 0 aliphatic heterocycles. The molecule has 0 rings (SSSR count). The molecule has 1 unspecified atom stereocenters. The van der Waals surface area contributed by atoms with Crippen molar-refractivity contribution in [2.75, 3.05) is 0 Å². The van der Waals surface area contributed by atoms with Crippen LogP contribution in [0.25, 0.3) is 0 Å². The number of hydrogen-bond donors (Lipinski definition) is 1. The van der Waals surface area contributed by atoms with Crippen LogP contribution in [0.5, 0.6) is 0 Å². The van der Waals surface area contributed by atoms with Crippen LogP contribution >= 0.6 is 0 Å². The number of hydrogen-bond acceptors (Lipinski definition) is 5. The molecule has 0 aromatic carbocycles. The molecule has 0 saturated heterocycles. The second-order valence-corrected chi connectivity index (χ2v) is 6.54. The Kier molecular flexibility index (Phi) is 9.10. The van der Waals surface area contributed by atoms with Crippen molar-refractivity contribution in [2.24, 2.45) is 11.3 Å². The van der Waals surface area contributed by atoms with Crippen LogP contribution in [0.3, 0.4) is 0 Å². The van der Waals surface area contributed by atoms with Gasteiger partial charge in [-0.1, -0.05) is 27.2 Å². The maximum atomic E-state index is 12.2. The third-order valence-corrected chi connectivity index (χ3v) is 4.36. The maximum Gasteiger partial charge on any atom is 0.352 e. The molecule has 0 aromatic rings. The smallest absolute Gasteiger partial charge is 0.352 e. The van der Waals surface area contributed by atoms with Gasteiger partial charge in [-0.15, -0.1) is 0 Å². The lowest BCUT2D eigenvalue weighted by Crippen LogP contribution is -2.43. The van der Waals surface area contributed by atoms with Crippen molar-refractivity contribution >= 4 is 17.7 Å². The normalized spacial score (nSPS) is 13.1. The second-order valence-electron chi connectivity index (χ2n) is 6.54. The highest BCUT2D eigenvalue weighted by atomic mass is 16.5. The minimum absolute atomic E-state index is 0.0274.